The highest BCUT2D eigenvalue weighted by Crippen LogP contribution is 2.12. The summed E-state index contributed by atoms with van der Waals surface area (Å²) in [5, 5.41) is 11.9. The summed E-state index contributed by atoms with van der Waals surface area (Å²) in [6, 6.07) is 1.47. The van der Waals surface area contributed by atoms with Gasteiger partial charge in [-0.05, 0) is 12.0 Å². The van der Waals surface area contributed by atoms with E-state index in [1.807, 2.05) is 0 Å². The van der Waals surface area contributed by atoms with E-state index in [1.54, 1.807) is 0 Å². The summed E-state index contributed by atoms with van der Waals surface area (Å²) in [5.41, 5.74) is 0.747. The van der Waals surface area contributed by atoms with Crippen molar-refractivity contribution in [1.82, 2.24) is 4.98 Å². The highest BCUT2D eigenvalue weighted by Gasteiger charge is 2.08. The zero-order valence-corrected chi connectivity index (χ0v) is 10.1. The summed E-state index contributed by atoms with van der Waals surface area (Å²) in [4.78, 5) is 14.8. The summed E-state index contributed by atoms with van der Waals surface area (Å²) < 4.78 is 5.39. The second kappa shape index (κ2) is 6.85. The van der Waals surface area contributed by atoms with Crippen molar-refractivity contribution in [3.05, 3.63) is 24.0 Å². The number of pyridine rings is 1. The van der Waals surface area contributed by atoms with Crippen LogP contribution in [0.25, 0.3) is 0 Å². The van der Waals surface area contributed by atoms with Crippen LogP contribution in [-0.4, -0.2) is 35.8 Å². The Labute approximate surface area is 101 Å². The zero-order chi connectivity index (χ0) is 12.7. The number of nitrogens with one attached hydrogen (secondary N) is 1. The fraction of sp³-hybridized carbons (Fsp3) is 0.500. The maximum atomic E-state index is 10.9. The van der Waals surface area contributed by atoms with E-state index < -0.39 is 5.97 Å². The van der Waals surface area contributed by atoms with Crippen LogP contribution < -0.4 is 5.32 Å². The Balaban J connectivity index is 2.39. The van der Waals surface area contributed by atoms with Crippen LogP contribution in [0.5, 0.6) is 0 Å². The molecule has 0 aliphatic heterocycles. The largest absolute Gasteiger partial charge is 0.478 e. The maximum Gasteiger partial charge on any atom is 0.337 e. The Kier molecular flexibility index (Phi) is 5.42. The van der Waals surface area contributed by atoms with Crippen LogP contribution in [-0.2, 0) is 4.74 Å². The molecular formula is C12H18N2O3. The van der Waals surface area contributed by atoms with Gasteiger partial charge in [0.2, 0.25) is 0 Å². The van der Waals surface area contributed by atoms with Crippen LogP contribution in [0.15, 0.2) is 18.5 Å². The molecule has 1 rings (SSSR count). The van der Waals surface area contributed by atoms with Crippen LogP contribution in [0.1, 0.15) is 24.2 Å². The number of hydrogen-bond donors (Lipinski definition) is 2. The Morgan fingerprint density at radius 1 is 1.59 bits per heavy atom. The van der Waals surface area contributed by atoms with Gasteiger partial charge in [0, 0.05) is 19.3 Å². The molecule has 0 aromatic carbocycles. The zero-order valence-electron chi connectivity index (χ0n) is 10.1. The first-order valence-corrected chi connectivity index (χ1v) is 5.60. The third kappa shape index (κ3) is 4.82. The van der Waals surface area contributed by atoms with Crippen molar-refractivity contribution in [3.8, 4) is 0 Å². The van der Waals surface area contributed by atoms with E-state index in [4.69, 9.17) is 9.84 Å². The Bertz CT molecular complexity index is 367. The molecule has 1 aromatic rings. The Hall–Kier alpha value is -1.62. The summed E-state index contributed by atoms with van der Waals surface area (Å²) in [7, 11) is 0. The minimum absolute atomic E-state index is 0.226. The summed E-state index contributed by atoms with van der Waals surface area (Å²) >= 11 is 0. The molecule has 0 radical (unpaired) electrons. The number of rotatable bonds is 7. The third-order valence-corrected chi connectivity index (χ3v) is 2.06. The topological polar surface area (TPSA) is 71.5 Å². The lowest BCUT2D eigenvalue weighted by atomic mass is 10.2. The molecule has 0 atom stereocenters. The van der Waals surface area contributed by atoms with Gasteiger partial charge in [-0.1, -0.05) is 13.8 Å². The van der Waals surface area contributed by atoms with Crippen molar-refractivity contribution in [2.24, 2.45) is 5.92 Å². The molecule has 0 fully saturated rings. The van der Waals surface area contributed by atoms with E-state index in [1.165, 1.54) is 18.5 Å². The molecular weight excluding hydrogens is 220 g/mol. The normalized spacial score (nSPS) is 10.5. The van der Waals surface area contributed by atoms with Gasteiger partial charge in [0.25, 0.3) is 0 Å². The molecule has 1 heterocycles. The van der Waals surface area contributed by atoms with E-state index in [-0.39, 0.29) is 5.56 Å². The number of anilines is 1. The van der Waals surface area contributed by atoms with Crippen molar-refractivity contribution >= 4 is 11.7 Å². The van der Waals surface area contributed by atoms with Crippen molar-refractivity contribution < 1.29 is 14.6 Å². The molecule has 0 saturated heterocycles. The SMILES string of the molecule is CC(C)COCCNc1cnccc1C(=O)O. The molecule has 2 N–H and O–H groups in total. The van der Waals surface area contributed by atoms with Crippen LogP contribution in [0.2, 0.25) is 0 Å². The van der Waals surface area contributed by atoms with Gasteiger partial charge in [-0.2, -0.15) is 0 Å². The predicted octanol–water partition coefficient (Wildman–Crippen LogP) is 1.86. The van der Waals surface area contributed by atoms with Crippen molar-refractivity contribution in [1.29, 1.82) is 0 Å². The predicted molar refractivity (Wildman–Crippen MR) is 65.3 cm³/mol. The molecule has 0 amide bonds. The monoisotopic (exact) mass is 238 g/mol. The smallest absolute Gasteiger partial charge is 0.337 e. The molecule has 5 heteroatoms. The number of carboxylic acid groups (broad SMARTS) is 1. The van der Waals surface area contributed by atoms with Gasteiger partial charge >= 0.3 is 5.97 Å². The number of ether oxygens (including phenoxy) is 1. The van der Waals surface area contributed by atoms with Crippen LogP contribution in [0.4, 0.5) is 5.69 Å². The minimum Gasteiger partial charge on any atom is -0.478 e. The first-order chi connectivity index (χ1) is 8.11. The summed E-state index contributed by atoms with van der Waals surface area (Å²) in [6.07, 6.45) is 2.97. The average molecular weight is 238 g/mol. The number of carboxylic acids is 1. The number of hydrogen-bond acceptors (Lipinski definition) is 4. The standard InChI is InChI=1S/C12H18N2O3/c1-9(2)8-17-6-5-14-11-7-13-4-3-10(11)12(15)16/h3-4,7,9,14H,5-6,8H2,1-2H3,(H,15,16). The van der Waals surface area contributed by atoms with Crippen LogP contribution in [0, 0.1) is 5.92 Å². The number of nitrogens with zero attached hydrogens (tertiary/aromatic N) is 1. The highest BCUT2D eigenvalue weighted by molar-refractivity contribution is 5.93. The molecule has 0 unspecified atom stereocenters. The number of aromatic carboxylic acids is 1. The number of aromatic nitrogens is 1. The molecule has 0 saturated carbocycles. The fourth-order valence-corrected chi connectivity index (χ4v) is 1.30. The minimum atomic E-state index is -0.960. The molecule has 1 aromatic heterocycles. The van der Waals surface area contributed by atoms with Gasteiger partial charge < -0.3 is 15.2 Å². The molecule has 94 valence electrons. The van der Waals surface area contributed by atoms with E-state index >= 15 is 0 Å². The van der Waals surface area contributed by atoms with E-state index in [9.17, 15) is 4.79 Å². The summed E-state index contributed by atoms with van der Waals surface area (Å²) in [6.45, 7) is 5.99. The van der Waals surface area contributed by atoms with E-state index in [0.717, 1.165) is 0 Å². The first kappa shape index (κ1) is 13.4. The third-order valence-electron chi connectivity index (χ3n) is 2.06. The van der Waals surface area contributed by atoms with Gasteiger partial charge in [-0.3, -0.25) is 4.98 Å². The molecule has 17 heavy (non-hydrogen) atoms. The lowest BCUT2D eigenvalue weighted by Crippen LogP contribution is -2.14. The lowest BCUT2D eigenvalue weighted by Gasteiger charge is -2.10. The van der Waals surface area contributed by atoms with Crippen LogP contribution in [0.3, 0.4) is 0 Å². The average Bonchev–Trinajstić information content (AvgIpc) is 2.28. The lowest BCUT2D eigenvalue weighted by molar-refractivity contribution is 0.0697. The van der Waals surface area contributed by atoms with Crippen molar-refractivity contribution in [2.75, 3.05) is 25.1 Å². The quantitative estimate of drug-likeness (QED) is 0.709. The Morgan fingerprint density at radius 2 is 2.35 bits per heavy atom. The van der Waals surface area contributed by atoms with Gasteiger partial charge in [0.1, 0.15) is 0 Å². The van der Waals surface area contributed by atoms with Gasteiger partial charge in [0.15, 0.2) is 0 Å². The maximum absolute atomic E-state index is 10.9. The molecule has 0 aliphatic rings. The van der Waals surface area contributed by atoms with Crippen LogP contribution >= 0.6 is 0 Å². The summed E-state index contributed by atoms with van der Waals surface area (Å²) in [5.74, 6) is -0.457. The van der Waals surface area contributed by atoms with Gasteiger partial charge in [-0.25, -0.2) is 4.79 Å². The van der Waals surface area contributed by atoms with Gasteiger partial charge in [-0.15, -0.1) is 0 Å². The molecule has 0 aliphatic carbocycles. The van der Waals surface area contributed by atoms with Gasteiger partial charge in [0.05, 0.1) is 24.1 Å². The van der Waals surface area contributed by atoms with E-state index in [0.29, 0.717) is 31.4 Å². The second-order valence-corrected chi connectivity index (χ2v) is 4.12. The number of carbonyl (C=O) groups is 1. The Morgan fingerprint density at radius 3 is 3.00 bits per heavy atom. The fourth-order valence-electron chi connectivity index (χ4n) is 1.30. The van der Waals surface area contributed by atoms with Crippen molar-refractivity contribution in [3.63, 3.8) is 0 Å². The molecule has 5 nitrogen and oxygen atoms in total. The molecule has 0 bridgehead atoms. The second-order valence-electron chi connectivity index (χ2n) is 4.12. The van der Waals surface area contributed by atoms with Crippen molar-refractivity contribution in [2.45, 2.75) is 13.8 Å². The molecule has 0 spiro atoms. The first-order valence-electron chi connectivity index (χ1n) is 5.60. The highest BCUT2D eigenvalue weighted by atomic mass is 16.5. The van der Waals surface area contributed by atoms with E-state index in [2.05, 4.69) is 24.1 Å².